The van der Waals surface area contributed by atoms with Crippen molar-refractivity contribution < 1.29 is 19.1 Å². The molecular formula is C16H21N3O4. The van der Waals surface area contributed by atoms with Crippen molar-refractivity contribution >= 4 is 23.6 Å². The third kappa shape index (κ3) is 4.98. The van der Waals surface area contributed by atoms with Crippen LogP contribution in [0.15, 0.2) is 24.3 Å². The summed E-state index contributed by atoms with van der Waals surface area (Å²) in [5.74, 6) is -0.265. The quantitative estimate of drug-likeness (QED) is 0.616. The first-order valence-electron chi connectivity index (χ1n) is 7.61. The number of ether oxygens (including phenoxy) is 1. The maximum Gasteiger partial charge on any atom is 0.337 e. The fourth-order valence-electron chi connectivity index (χ4n) is 2.43. The normalized spacial score (nSPS) is 13.8. The van der Waals surface area contributed by atoms with Gasteiger partial charge in [0.05, 0.1) is 12.7 Å². The molecule has 23 heavy (non-hydrogen) atoms. The molecule has 1 saturated heterocycles. The van der Waals surface area contributed by atoms with Gasteiger partial charge in [-0.3, -0.25) is 4.79 Å². The summed E-state index contributed by atoms with van der Waals surface area (Å²) in [4.78, 5) is 36.5. The van der Waals surface area contributed by atoms with Gasteiger partial charge in [0.15, 0.2) is 0 Å². The minimum absolute atomic E-state index is 0.189. The summed E-state index contributed by atoms with van der Waals surface area (Å²) in [5, 5.41) is 5.39. The molecule has 0 unspecified atom stereocenters. The lowest BCUT2D eigenvalue weighted by Crippen LogP contribution is -2.33. The highest BCUT2D eigenvalue weighted by Gasteiger charge is 2.19. The van der Waals surface area contributed by atoms with Crippen molar-refractivity contribution in [1.29, 1.82) is 0 Å². The van der Waals surface area contributed by atoms with Crippen molar-refractivity contribution in [1.82, 2.24) is 10.2 Å². The average Bonchev–Trinajstić information content (AvgIpc) is 2.96. The largest absolute Gasteiger partial charge is 0.465 e. The van der Waals surface area contributed by atoms with Crippen molar-refractivity contribution in [3.63, 3.8) is 0 Å². The molecule has 0 spiro atoms. The number of methoxy groups -OCH3 is 1. The van der Waals surface area contributed by atoms with Gasteiger partial charge in [0, 0.05) is 31.7 Å². The minimum atomic E-state index is -0.454. The molecule has 2 rings (SSSR count). The second-order valence-electron chi connectivity index (χ2n) is 5.29. The number of anilines is 1. The Bertz CT molecular complexity index is 588. The molecule has 3 amide bonds. The van der Waals surface area contributed by atoms with E-state index in [0.29, 0.717) is 37.2 Å². The summed E-state index contributed by atoms with van der Waals surface area (Å²) < 4.78 is 4.63. The van der Waals surface area contributed by atoms with E-state index in [4.69, 9.17) is 0 Å². The number of benzene rings is 1. The van der Waals surface area contributed by atoms with Gasteiger partial charge in [-0.15, -0.1) is 0 Å². The molecule has 1 aromatic rings. The van der Waals surface area contributed by atoms with Crippen LogP contribution in [0.3, 0.4) is 0 Å². The molecule has 1 aromatic carbocycles. The molecule has 7 heteroatoms. The van der Waals surface area contributed by atoms with Crippen LogP contribution in [0, 0.1) is 0 Å². The van der Waals surface area contributed by atoms with Crippen molar-refractivity contribution in [2.75, 3.05) is 32.1 Å². The molecule has 0 atom stereocenters. The number of carbonyl (C=O) groups excluding carboxylic acids is 3. The summed E-state index contributed by atoms with van der Waals surface area (Å²) in [6.45, 7) is 1.95. The van der Waals surface area contributed by atoms with E-state index in [1.165, 1.54) is 7.11 Å². The maximum absolute atomic E-state index is 11.8. The van der Waals surface area contributed by atoms with Gasteiger partial charge >= 0.3 is 12.0 Å². The zero-order valence-corrected chi connectivity index (χ0v) is 13.1. The number of rotatable bonds is 6. The molecule has 1 fully saturated rings. The molecule has 1 aliphatic rings. The minimum Gasteiger partial charge on any atom is -0.465 e. The first kappa shape index (κ1) is 16.8. The molecule has 0 radical (unpaired) electrons. The van der Waals surface area contributed by atoms with Crippen LogP contribution in [0.1, 0.15) is 29.6 Å². The lowest BCUT2D eigenvalue weighted by Gasteiger charge is -2.15. The van der Waals surface area contributed by atoms with Crippen LogP contribution >= 0.6 is 0 Å². The van der Waals surface area contributed by atoms with E-state index >= 15 is 0 Å². The molecule has 124 valence electrons. The predicted octanol–water partition coefficient (Wildman–Crippen LogP) is 1.61. The third-order valence-electron chi connectivity index (χ3n) is 3.60. The zero-order valence-electron chi connectivity index (χ0n) is 13.1. The lowest BCUT2D eigenvalue weighted by molar-refractivity contribution is -0.127. The molecule has 1 heterocycles. The maximum atomic E-state index is 11.8. The Morgan fingerprint density at radius 1 is 1.35 bits per heavy atom. The molecule has 2 N–H and O–H groups in total. The van der Waals surface area contributed by atoms with Gasteiger partial charge < -0.3 is 20.3 Å². The summed E-state index contributed by atoms with van der Waals surface area (Å²) in [7, 11) is 1.31. The van der Waals surface area contributed by atoms with Crippen LogP contribution in [-0.4, -0.2) is 49.6 Å². The third-order valence-corrected chi connectivity index (χ3v) is 3.60. The Morgan fingerprint density at radius 2 is 2.17 bits per heavy atom. The molecule has 0 aromatic heterocycles. The second-order valence-corrected chi connectivity index (χ2v) is 5.29. The van der Waals surface area contributed by atoms with Gasteiger partial charge in [0.25, 0.3) is 0 Å². The topological polar surface area (TPSA) is 87.7 Å². The Balaban J connectivity index is 1.72. The summed E-state index contributed by atoms with van der Waals surface area (Å²) >= 11 is 0. The van der Waals surface area contributed by atoms with Gasteiger partial charge in [0.1, 0.15) is 0 Å². The number of nitrogens with one attached hydrogen (secondary N) is 2. The number of carbonyl (C=O) groups is 3. The Labute approximate surface area is 135 Å². The Morgan fingerprint density at radius 3 is 2.87 bits per heavy atom. The van der Waals surface area contributed by atoms with Crippen LogP contribution in [-0.2, 0) is 9.53 Å². The van der Waals surface area contributed by atoms with Crippen molar-refractivity contribution in [2.24, 2.45) is 0 Å². The zero-order chi connectivity index (χ0) is 16.7. The standard InChI is InChI=1S/C16H21N3O4/c1-23-15(21)12-5-2-6-13(11-12)18-16(22)17-8-4-10-19-9-3-7-14(19)20/h2,5-6,11H,3-4,7-10H2,1H3,(H2,17,18,22). The number of urea groups is 1. The van der Waals surface area contributed by atoms with E-state index in [9.17, 15) is 14.4 Å². The SMILES string of the molecule is COC(=O)c1cccc(NC(=O)NCCCN2CCCC2=O)c1. The monoisotopic (exact) mass is 319 g/mol. The first-order valence-corrected chi connectivity index (χ1v) is 7.61. The number of likely N-dealkylation sites (tertiary alicyclic amines) is 1. The lowest BCUT2D eigenvalue weighted by atomic mass is 10.2. The number of hydrogen-bond donors (Lipinski definition) is 2. The average molecular weight is 319 g/mol. The van der Waals surface area contributed by atoms with Gasteiger partial charge in [-0.1, -0.05) is 6.07 Å². The van der Waals surface area contributed by atoms with Crippen LogP contribution in [0.4, 0.5) is 10.5 Å². The van der Waals surface area contributed by atoms with Gasteiger partial charge in [-0.05, 0) is 31.0 Å². The Kier molecular flexibility index (Phi) is 5.96. The number of hydrogen-bond acceptors (Lipinski definition) is 4. The van der Waals surface area contributed by atoms with E-state index in [2.05, 4.69) is 15.4 Å². The highest BCUT2D eigenvalue weighted by Crippen LogP contribution is 2.11. The van der Waals surface area contributed by atoms with Crippen LogP contribution in [0.5, 0.6) is 0 Å². The summed E-state index contributed by atoms with van der Waals surface area (Å²) in [5.41, 5.74) is 0.887. The first-order chi connectivity index (χ1) is 11.1. The number of nitrogens with zero attached hydrogens (tertiary/aromatic N) is 1. The van der Waals surface area contributed by atoms with Crippen LogP contribution in [0.2, 0.25) is 0 Å². The fraction of sp³-hybridized carbons (Fsp3) is 0.438. The van der Waals surface area contributed by atoms with Crippen molar-refractivity contribution in [3.8, 4) is 0 Å². The molecule has 0 aliphatic carbocycles. The number of esters is 1. The highest BCUT2D eigenvalue weighted by molar-refractivity contribution is 5.93. The molecule has 7 nitrogen and oxygen atoms in total. The van der Waals surface area contributed by atoms with Crippen molar-refractivity contribution in [3.05, 3.63) is 29.8 Å². The van der Waals surface area contributed by atoms with E-state index in [1.54, 1.807) is 24.3 Å². The molecule has 1 aliphatic heterocycles. The van der Waals surface area contributed by atoms with Crippen LogP contribution in [0.25, 0.3) is 0 Å². The van der Waals surface area contributed by atoms with E-state index in [-0.39, 0.29) is 11.9 Å². The van der Waals surface area contributed by atoms with Crippen LogP contribution < -0.4 is 10.6 Å². The molecule has 0 saturated carbocycles. The molecular weight excluding hydrogens is 298 g/mol. The van der Waals surface area contributed by atoms with E-state index in [0.717, 1.165) is 13.0 Å². The Hall–Kier alpha value is -2.57. The smallest absolute Gasteiger partial charge is 0.337 e. The van der Waals surface area contributed by atoms with Crippen molar-refractivity contribution in [2.45, 2.75) is 19.3 Å². The fourth-order valence-corrected chi connectivity index (χ4v) is 2.43. The van der Waals surface area contributed by atoms with Gasteiger partial charge in [0.2, 0.25) is 5.91 Å². The second kappa shape index (κ2) is 8.17. The van der Waals surface area contributed by atoms with Gasteiger partial charge in [-0.2, -0.15) is 0 Å². The highest BCUT2D eigenvalue weighted by atomic mass is 16.5. The summed E-state index contributed by atoms with van der Waals surface area (Å²) in [6.07, 6.45) is 2.26. The number of amides is 3. The van der Waals surface area contributed by atoms with E-state index < -0.39 is 5.97 Å². The van der Waals surface area contributed by atoms with E-state index in [1.807, 2.05) is 4.90 Å². The predicted molar refractivity (Wildman–Crippen MR) is 85.2 cm³/mol. The summed E-state index contributed by atoms with van der Waals surface area (Å²) in [6, 6.07) is 6.17. The molecule has 0 bridgehead atoms. The van der Waals surface area contributed by atoms with Gasteiger partial charge in [-0.25, -0.2) is 9.59 Å².